The van der Waals surface area contributed by atoms with Crippen molar-refractivity contribution in [1.82, 2.24) is 10.3 Å². The van der Waals surface area contributed by atoms with Gasteiger partial charge in [-0.2, -0.15) is 0 Å². The van der Waals surface area contributed by atoms with Crippen LogP contribution in [0.2, 0.25) is 0 Å². The molecule has 0 bridgehead atoms. The Morgan fingerprint density at radius 3 is 2.77 bits per heavy atom. The highest BCUT2D eigenvalue weighted by atomic mass is 16.6. The summed E-state index contributed by atoms with van der Waals surface area (Å²) in [5, 5.41) is 4.73. The number of hydrogen-bond donors (Lipinski definition) is 2. The summed E-state index contributed by atoms with van der Waals surface area (Å²) in [6.07, 6.45) is 4.58. The fourth-order valence-electron chi connectivity index (χ4n) is 3.54. The number of H-pyrrole nitrogens is 1. The average Bonchev–Trinajstić information content (AvgIpc) is 3.16. The van der Waals surface area contributed by atoms with Crippen molar-refractivity contribution in [2.24, 2.45) is 0 Å². The molecule has 0 saturated carbocycles. The molecule has 2 N–H and O–H groups in total. The van der Waals surface area contributed by atoms with E-state index in [9.17, 15) is 9.59 Å². The van der Waals surface area contributed by atoms with E-state index in [2.05, 4.69) is 16.4 Å². The average molecular weight is 416 g/mol. The first-order chi connectivity index (χ1) is 15.0. The maximum Gasteiger partial charge on any atom is 0.412 e. The number of aromatic nitrogens is 1. The molecule has 2 aromatic carbocycles. The minimum absolute atomic E-state index is 0.379. The summed E-state index contributed by atoms with van der Waals surface area (Å²) >= 11 is 0. The van der Waals surface area contributed by atoms with Crippen LogP contribution in [0.15, 0.2) is 75.6 Å². The SMILES string of the molecule is CC(C)=CCc1c(OC(=O)NCCc2c[nH]c3ccccc23)ccc2ccc(=O)oc12. The van der Waals surface area contributed by atoms with E-state index in [0.717, 1.165) is 27.4 Å². The van der Waals surface area contributed by atoms with Crippen LogP contribution in [0, 0.1) is 0 Å². The molecule has 4 rings (SSSR count). The van der Waals surface area contributed by atoms with Crippen molar-refractivity contribution in [3.63, 3.8) is 0 Å². The summed E-state index contributed by atoms with van der Waals surface area (Å²) in [6, 6.07) is 14.6. The van der Waals surface area contributed by atoms with Crippen LogP contribution in [0.3, 0.4) is 0 Å². The molecule has 0 aliphatic rings. The van der Waals surface area contributed by atoms with Crippen LogP contribution in [0.4, 0.5) is 4.79 Å². The highest BCUT2D eigenvalue weighted by molar-refractivity contribution is 5.84. The fourth-order valence-corrected chi connectivity index (χ4v) is 3.54. The first-order valence-electron chi connectivity index (χ1n) is 10.2. The second kappa shape index (κ2) is 8.92. The molecule has 6 nitrogen and oxygen atoms in total. The third kappa shape index (κ3) is 4.69. The summed E-state index contributed by atoms with van der Waals surface area (Å²) in [4.78, 5) is 27.4. The van der Waals surface area contributed by atoms with E-state index in [1.165, 1.54) is 6.07 Å². The van der Waals surface area contributed by atoms with E-state index in [1.807, 2.05) is 44.3 Å². The molecule has 158 valence electrons. The molecular weight excluding hydrogens is 392 g/mol. The van der Waals surface area contributed by atoms with Crippen molar-refractivity contribution in [2.75, 3.05) is 6.54 Å². The minimum Gasteiger partial charge on any atom is -0.422 e. The van der Waals surface area contributed by atoms with Crippen molar-refractivity contribution in [3.05, 3.63) is 87.9 Å². The second-order valence-corrected chi connectivity index (χ2v) is 7.63. The summed E-state index contributed by atoms with van der Waals surface area (Å²) in [7, 11) is 0. The van der Waals surface area contributed by atoms with Gasteiger partial charge in [0.25, 0.3) is 0 Å². The molecule has 4 aromatic rings. The molecule has 2 heterocycles. The largest absolute Gasteiger partial charge is 0.422 e. The van der Waals surface area contributed by atoms with Crippen LogP contribution < -0.4 is 15.7 Å². The Morgan fingerprint density at radius 2 is 1.94 bits per heavy atom. The molecule has 0 spiro atoms. The van der Waals surface area contributed by atoms with Gasteiger partial charge in [-0.1, -0.05) is 29.8 Å². The number of nitrogens with one attached hydrogen (secondary N) is 2. The molecule has 0 unspecified atom stereocenters. The summed E-state index contributed by atoms with van der Waals surface area (Å²) in [6.45, 7) is 4.41. The standard InChI is InChI=1S/C25H24N2O4/c1-16(2)7-10-20-22(11-8-17-9-12-23(28)31-24(17)20)30-25(29)26-14-13-18-15-27-21-6-4-3-5-19(18)21/h3-9,11-12,15,27H,10,13-14H2,1-2H3,(H,26,29). The third-order valence-corrected chi connectivity index (χ3v) is 5.11. The number of rotatable bonds is 6. The van der Waals surface area contributed by atoms with E-state index in [0.29, 0.717) is 36.3 Å². The van der Waals surface area contributed by atoms with Crippen LogP contribution in [0.5, 0.6) is 5.75 Å². The van der Waals surface area contributed by atoms with Gasteiger partial charge >= 0.3 is 11.7 Å². The molecule has 31 heavy (non-hydrogen) atoms. The molecule has 0 radical (unpaired) electrons. The third-order valence-electron chi connectivity index (χ3n) is 5.11. The molecule has 1 amide bonds. The van der Waals surface area contributed by atoms with Gasteiger partial charge in [0.1, 0.15) is 11.3 Å². The molecule has 0 aliphatic carbocycles. The van der Waals surface area contributed by atoms with E-state index in [1.54, 1.807) is 18.2 Å². The quantitative estimate of drug-likeness (QED) is 0.338. The van der Waals surface area contributed by atoms with Crippen molar-refractivity contribution < 1.29 is 13.9 Å². The van der Waals surface area contributed by atoms with Crippen LogP contribution in [0.25, 0.3) is 21.9 Å². The van der Waals surface area contributed by atoms with Crippen LogP contribution in [-0.4, -0.2) is 17.6 Å². The van der Waals surface area contributed by atoms with Crippen molar-refractivity contribution >= 4 is 28.0 Å². The fraction of sp³-hybridized carbons (Fsp3) is 0.200. The lowest BCUT2D eigenvalue weighted by Crippen LogP contribution is -2.29. The Labute approximate surface area is 179 Å². The zero-order chi connectivity index (χ0) is 21.8. The predicted molar refractivity (Wildman–Crippen MR) is 122 cm³/mol. The number of carbonyl (C=O) groups is 1. The Kier molecular flexibility index (Phi) is 5.89. The van der Waals surface area contributed by atoms with Gasteiger partial charge in [0.15, 0.2) is 0 Å². The van der Waals surface area contributed by atoms with Crippen LogP contribution in [-0.2, 0) is 12.8 Å². The van der Waals surface area contributed by atoms with Crippen molar-refractivity contribution in [1.29, 1.82) is 0 Å². The highest BCUT2D eigenvalue weighted by Gasteiger charge is 2.14. The van der Waals surface area contributed by atoms with Crippen LogP contribution in [0.1, 0.15) is 25.0 Å². The minimum atomic E-state index is -0.545. The van der Waals surface area contributed by atoms with Crippen molar-refractivity contribution in [2.45, 2.75) is 26.7 Å². The predicted octanol–water partition coefficient (Wildman–Crippen LogP) is 5.11. The van der Waals surface area contributed by atoms with Gasteiger partial charge < -0.3 is 19.5 Å². The number of amides is 1. The summed E-state index contributed by atoms with van der Waals surface area (Å²) in [5.41, 5.74) is 3.99. The zero-order valence-electron chi connectivity index (χ0n) is 17.5. The molecule has 0 fully saturated rings. The van der Waals surface area contributed by atoms with Gasteiger partial charge in [-0.25, -0.2) is 9.59 Å². The number of carbonyl (C=O) groups excluding carboxylic acids is 1. The lowest BCUT2D eigenvalue weighted by Gasteiger charge is -2.12. The Hall–Kier alpha value is -3.80. The number of allylic oxidation sites excluding steroid dienone is 2. The second-order valence-electron chi connectivity index (χ2n) is 7.63. The Morgan fingerprint density at radius 1 is 1.13 bits per heavy atom. The van der Waals surface area contributed by atoms with Gasteiger partial charge in [0, 0.05) is 40.7 Å². The molecule has 0 saturated heterocycles. The maximum absolute atomic E-state index is 12.4. The number of aromatic amines is 1. The summed E-state index contributed by atoms with van der Waals surface area (Å²) < 4.78 is 11.0. The lowest BCUT2D eigenvalue weighted by molar-refractivity contribution is 0.200. The maximum atomic E-state index is 12.4. The zero-order valence-corrected chi connectivity index (χ0v) is 17.5. The highest BCUT2D eigenvalue weighted by Crippen LogP contribution is 2.28. The normalized spacial score (nSPS) is 10.9. The Bertz CT molecular complexity index is 1330. The van der Waals surface area contributed by atoms with E-state index in [-0.39, 0.29) is 0 Å². The molecule has 6 heteroatoms. The number of benzene rings is 2. The number of para-hydroxylation sites is 1. The monoisotopic (exact) mass is 416 g/mol. The number of ether oxygens (including phenoxy) is 1. The Balaban J connectivity index is 1.49. The smallest absolute Gasteiger partial charge is 0.412 e. The van der Waals surface area contributed by atoms with Gasteiger partial charge in [0.05, 0.1) is 0 Å². The first kappa shape index (κ1) is 20.5. The number of hydrogen-bond acceptors (Lipinski definition) is 4. The molecular formula is C25H24N2O4. The summed E-state index contributed by atoms with van der Waals surface area (Å²) in [5.74, 6) is 0.379. The van der Waals surface area contributed by atoms with E-state index >= 15 is 0 Å². The first-order valence-corrected chi connectivity index (χ1v) is 10.2. The van der Waals surface area contributed by atoms with Gasteiger partial charge in [0.2, 0.25) is 0 Å². The molecule has 2 aromatic heterocycles. The molecule has 0 aliphatic heterocycles. The topological polar surface area (TPSA) is 84.3 Å². The lowest BCUT2D eigenvalue weighted by atomic mass is 10.1. The van der Waals surface area contributed by atoms with Crippen LogP contribution >= 0.6 is 0 Å². The van der Waals surface area contributed by atoms with Gasteiger partial charge in [-0.05, 0) is 56.5 Å². The number of fused-ring (bicyclic) bond motifs is 2. The van der Waals surface area contributed by atoms with Crippen molar-refractivity contribution in [3.8, 4) is 5.75 Å². The van der Waals surface area contributed by atoms with Gasteiger partial charge in [-0.3, -0.25) is 0 Å². The van der Waals surface area contributed by atoms with E-state index in [4.69, 9.17) is 9.15 Å². The van der Waals surface area contributed by atoms with Gasteiger partial charge in [-0.15, -0.1) is 0 Å². The molecule has 0 atom stereocenters. The van der Waals surface area contributed by atoms with E-state index < -0.39 is 11.7 Å².